The van der Waals surface area contributed by atoms with Crippen LogP contribution in [0.25, 0.3) is 21.1 Å². The summed E-state index contributed by atoms with van der Waals surface area (Å²) in [6, 6.07) is 5.30. The molecule has 15 heteroatoms. The predicted octanol–water partition coefficient (Wildman–Crippen LogP) is 4.88. The molecular formula is C23H20ClF3N6O4S. The van der Waals surface area contributed by atoms with Crippen molar-refractivity contribution in [2.45, 2.75) is 32.0 Å². The molecule has 0 saturated heterocycles. The Morgan fingerprint density at radius 2 is 1.92 bits per heavy atom. The number of amides is 2. The normalized spacial score (nSPS) is 12.1. The molecule has 0 unspecified atom stereocenters. The van der Waals surface area contributed by atoms with Crippen molar-refractivity contribution in [2.75, 3.05) is 17.2 Å². The molecule has 2 aromatic heterocycles. The van der Waals surface area contributed by atoms with Gasteiger partial charge in [0, 0.05) is 17.6 Å². The van der Waals surface area contributed by atoms with Crippen molar-refractivity contribution in [3.05, 3.63) is 46.6 Å². The summed E-state index contributed by atoms with van der Waals surface area (Å²) in [7, 11) is 0. The molecule has 2 aromatic carbocycles. The quantitative estimate of drug-likeness (QED) is 0.203. The summed E-state index contributed by atoms with van der Waals surface area (Å²) in [6.07, 6.45) is -3.54. The number of H-pyrrole nitrogens is 1. The third kappa shape index (κ3) is 5.65. The second kappa shape index (κ2) is 10.1. The zero-order chi connectivity index (χ0) is 27.8. The number of carbonyl (C=O) groups excluding carboxylic acids is 2. The van der Waals surface area contributed by atoms with E-state index in [4.69, 9.17) is 16.7 Å². The van der Waals surface area contributed by atoms with Crippen LogP contribution in [-0.4, -0.2) is 50.2 Å². The first-order valence-corrected chi connectivity index (χ1v) is 12.2. The molecule has 0 aliphatic rings. The van der Waals surface area contributed by atoms with E-state index in [9.17, 15) is 27.6 Å². The Bertz CT molecular complexity index is 1570. The molecule has 0 spiro atoms. The van der Waals surface area contributed by atoms with Gasteiger partial charge in [0.05, 0.1) is 44.5 Å². The molecule has 4 rings (SSSR count). The number of hydrogen-bond acceptors (Lipinski definition) is 7. The molecule has 38 heavy (non-hydrogen) atoms. The number of carboxylic acid groups (broad SMARTS) is 1. The van der Waals surface area contributed by atoms with Crippen LogP contribution in [0, 0.1) is 0 Å². The van der Waals surface area contributed by atoms with E-state index in [1.165, 1.54) is 38.2 Å². The van der Waals surface area contributed by atoms with E-state index in [1.54, 1.807) is 0 Å². The summed E-state index contributed by atoms with van der Waals surface area (Å²) in [5, 5.41) is 23.6. The minimum atomic E-state index is -4.67. The molecular weight excluding hydrogens is 549 g/mol. The number of nitrogens with zero attached hydrogens (tertiary/aromatic N) is 2. The van der Waals surface area contributed by atoms with Gasteiger partial charge in [-0.2, -0.15) is 18.3 Å². The Hall–Kier alpha value is -3.91. The van der Waals surface area contributed by atoms with Crippen molar-refractivity contribution in [3.8, 4) is 0 Å². The van der Waals surface area contributed by atoms with Crippen LogP contribution in [0.15, 0.2) is 30.5 Å². The highest BCUT2D eigenvalue weighted by molar-refractivity contribution is 7.23. The Morgan fingerprint density at radius 1 is 1.18 bits per heavy atom. The van der Waals surface area contributed by atoms with Gasteiger partial charge in [0.15, 0.2) is 5.13 Å². The standard InChI is InChI=1S/C23H20ClF3N6O4S/c1-22(2,32-10-3-4-14(24)11(7-10)19(36)28-6-5-16(34)35)20(37)31-21-30-17-13(23(25,26)27)8-15-12(9-29-33-15)18(17)38-21/h3-4,7-9,32H,5-6H2,1-2H3,(H,28,36)(H,29,33)(H,34,35)(H,30,31,37). The molecule has 200 valence electrons. The molecule has 10 nitrogen and oxygen atoms in total. The lowest BCUT2D eigenvalue weighted by Gasteiger charge is -2.26. The second-order valence-corrected chi connectivity index (χ2v) is 10.2. The first-order chi connectivity index (χ1) is 17.8. The zero-order valence-electron chi connectivity index (χ0n) is 19.8. The van der Waals surface area contributed by atoms with Gasteiger partial charge in [-0.3, -0.25) is 24.8 Å². The number of rotatable bonds is 8. The van der Waals surface area contributed by atoms with Crippen molar-refractivity contribution in [2.24, 2.45) is 0 Å². The largest absolute Gasteiger partial charge is 0.481 e. The van der Waals surface area contributed by atoms with Gasteiger partial charge in [-0.25, -0.2) is 4.98 Å². The lowest BCUT2D eigenvalue weighted by Crippen LogP contribution is -2.44. The van der Waals surface area contributed by atoms with Crippen LogP contribution in [0.1, 0.15) is 36.2 Å². The zero-order valence-corrected chi connectivity index (χ0v) is 21.4. The number of aromatic amines is 1. The summed E-state index contributed by atoms with van der Waals surface area (Å²) < 4.78 is 41.2. The average molecular weight is 569 g/mol. The summed E-state index contributed by atoms with van der Waals surface area (Å²) in [5.74, 6) is -2.27. The number of carboxylic acids is 1. The van der Waals surface area contributed by atoms with Crippen LogP contribution in [0.2, 0.25) is 5.02 Å². The van der Waals surface area contributed by atoms with Crippen molar-refractivity contribution in [1.82, 2.24) is 20.5 Å². The highest BCUT2D eigenvalue weighted by Crippen LogP contribution is 2.41. The minimum absolute atomic E-state index is 0.0336. The number of hydrogen-bond donors (Lipinski definition) is 5. The maximum Gasteiger partial charge on any atom is 0.418 e. The van der Waals surface area contributed by atoms with E-state index >= 15 is 0 Å². The predicted molar refractivity (Wildman–Crippen MR) is 137 cm³/mol. The van der Waals surface area contributed by atoms with Gasteiger partial charge in [-0.05, 0) is 38.1 Å². The molecule has 4 aromatic rings. The van der Waals surface area contributed by atoms with Crippen LogP contribution >= 0.6 is 22.9 Å². The Labute approximate surface area is 221 Å². The number of anilines is 2. The Balaban J connectivity index is 1.55. The number of nitrogens with one attached hydrogen (secondary N) is 4. The van der Waals surface area contributed by atoms with Crippen LogP contribution in [-0.2, 0) is 15.8 Å². The number of aromatic nitrogens is 3. The van der Waals surface area contributed by atoms with Gasteiger partial charge in [0.25, 0.3) is 11.8 Å². The fraction of sp³-hybridized carbons (Fsp3) is 0.261. The monoisotopic (exact) mass is 568 g/mol. The molecule has 5 N–H and O–H groups in total. The van der Waals surface area contributed by atoms with Gasteiger partial charge in [-0.15, -0.1) is 0 Å². The topological polar surface area (TPSA) is 149 Å². The van der Waals surface area contributed by atoms with Crippen LogP contribution in [0.4, 0.5) is 24.0 Å². The first-order valence-electron chi connectivity index (χ1n) is 11.0. The minimum Gasteiger partial charge on any atom is -0.481 e. The van der Waals surface area contributed by atoms with Crippen LogP contribution in [0.5, 0.6) is 0 Å². The summed E-state index contributed by atoms with van der Waals surface area (Å²) in [6.45, 7) is 2.97. The summed E-state index contributed by atoms with van der Waals surface area (Å²) >= 11 is 7.00. The van der Waals surface area contributed by atoms with Gasteiger partial charge < -0.3 is 15.7 Å². The van der Waals surface area contributed by atoms with Gasteiger partial charge in [0.1, 0.15) is 5.54 Å². The molecule has 0 saturated carbocycles. The number of fused-ring (bicyclic) bond motifs is 3. The number of halogens is 4. The third-order valence-corrected chi connectivity index (χ3v) is 6.80. The molecule has 2 amide bonds. The molecule has 0 atom stereocenters. The second-order valence-electron chi connectivity index (χ2n) is 8.75. The Kier molecular flexibility index (Phi) is 7.21. The third-order valence-electron chi connectivity index (χ3n) is 5.47. The van der Waals surface area contributed by atoms with E-state index < -0.39 is 35.1 Å². The van der Waals surface area contributed by atoms with E-state index in [0.717, 1.165) is 17.4 Å². The van der Waals surface area contributed by atoms with Crippen LogP contribution < -0.4 is 16.0 Å². The Morgan fingerprint density at radius 3 is 2.61 bits per heavy atom. The number of carbonyl (C=O) groups is 3. The smallest absolute Gasteiger partial charge is 0.418 e. The summed E-state index contributed by atoms with van der Waals surface area (Å²) in [5.41, 5.74) is -1.95. The highest BCUT2D eigenvalue weighted by atomic mass is 35.5. The molecule has 2 heterocycles. The van der Waals surface area contributed by atoms with E-state index in [1.807, 2.05) is 0 Å². The maximum absolute atomic E-state index is 13.6. The molecule has 0 fully saturated rings. The molecule has 0 bridgehead atoms. The van der Waals surface area contributed by atoms with Crippen LogP contribution in [0.3, 0.4) is 0 Å². The lowest BCUT2D eigenvalue weighted by atomic mass is 10.0. The fourth-order valence-electron chi connectivity index (χ4n) is 3.58. The van der Waals surface area contributed by atoms with Crippen molar-refractivity contribution in [1.29, 1.82) is 0 Å². The summed E-state index contributed by atoms with van der Waals surface area (Å²) in [4.78, 5) is 40.2. The first kappa shape index (κ1) is 27.1. The maximum atomic E-state index is 13.6. The number of aliphatic carboxylic acids is 1. The van der Waals surface area contributed by atoms with Crippen molar-refractivity contribution < 1.29 is 32.7 Å². The number of thiazole rings is 1. The van der Waals surface area contributed by atoms with Crippen molar-refractivity contribution >= 4 is 72.7 Å². The lowest BCUT2D eigenvalue weighted by molar-refractivity contribution is -0.137. The number of benzene rings is 2. The molecule has 0 aliphatic heterocycles. The average Bonchev–Trinajstić information content (AvgIpc) is 3.45. The SMILES string of the molecule is CC(C)(Nc1ccc(Cl)c(C(=O)NCCC(=O)O)c1)C(=O)Nc1nc2c(C(F)(F)F)cc3[nH]ncc3c2s1. The van der Waals surface area contributed by atoms with Gasteiger partial charge in [0.2, 0.25) is 0 Å². The highest BCUT2D eigenvalue weighted by Gasteiger charge is 2.36. The van der Waals surface area contributed by atoms with E-state index in [0.29, 0.717) is 11.1 Å². The fourth-order valence-corrected chi connectivity index (χ4v) is 4.78. The van der Waals surface area contributed by atoms with E-state index in [2.05, 4.69) is 31.1 Å². The van der Waals surface area contributed by atoms with Gasteiger partial charge in [-0.1, -0.05) is 22.9 Å². The van der Waals surface area contributed by atoms with Crippen molar-refractivity contribution in [3.63, 3.8) is 0 Å². The molecule has 0 radical (unpaired) electrons. The van der Waals surface area contributed by atoms with E-state index in [-0.39, 0.29) is 44.4 Å². The number of alkyl halides is 3. The molecule has 0 aliphatic carbocycles. The van der Waals surface area contributed by atoms with Gasteiger partial charge >= 0.3 is 12.1 Å².